The van der Waals surface area contributed by atoms with E-state index in [1.165, 1.54) is 0 Å². The Labute approximate surface area is 89.4 Å². The van der Waals surface area contributed by atoms with Crippen LogP contribution in [0.2, 0.25) is 0 Å². The molecule has 0 atom stereocenters. The molecule has 0 fully saturated rings. The smallest absolute Gasteiger partial charge is 0.377 e. The van der Waals surface area contributed by atoms with Crippen LogP contribution in [0.5, 0.6) is 11.5 Å². The van der Waals surface area contributed by atoms with Crippen LogP contribution < -0.4 is 9.47 Å². The molecular weight excluding hydrogens is 219 g/mol. The quantitative estimate of drug-likeness (QED) is 0.598. The van der Waals surface area contributed by atoms with Gasteiger partial charge in [-0.3, -0.25) is 4.79 Å². The zero-order valence-corrected chi connectivity index (χ0v) is 8.03. The molecule has 0 aromatic heterocycles. The fourth-order valence-electron chi connectivity index (χ4n) is 1.35. The van der Waals surface area contributed by atoms with Crippen molar-refractivity contribution >= 4 is 11.8 Å². The molecule has 84 valence electrons. The van der Waals surface area contributed by atoms with Gasteiger partial charge in [-0.25, -0.2) is 9.18 Å². The van der Waals surface area contributed by atoms with E-state index in [4.69, 9.17) is 14.6 Å². The predicted octanol–water partition coefficient (Wildman–Crippen LogP) is 0.864. The maximum Gasteiger partial charge on any atom is 0.377 e. The molecule has 1 heterocycles. The lowest BCUT2D eigenvalue weighted by atomic mass is 10.1. The molecule has 0 unspecified atom stereocenters. The second-order valence-electron chi connectivity index (χ2n) is 3.11. The molecule has 1 aliphatic rings. The Morgan fingerprint density at radius 1 is 1.19 bits per heavy atom. The number of carbonyl (C=O) groups is 2. The molecule has 5 nitrogen and oxygen atoms in total. The third kappa shape index (κ3) is 1.69. The molecule has 2 rings (SSSR count). The van der Waals surface area contributed by atoms with Gasteiger partial charge in [0.05, 0.1) is 5.56 Å². The van der Waals surface area contributed by atoms with Crippen LogP contribution >= 0.6 is 0 Å². The Bertz CT molecular complexity index is 469. The maximum atomic E-state index is 13.4. The molecule has 0 saturated heterocycles. The van der Waals surface area contributed by atoms with Gasteiger partial charge in [0.15, 0.2) is 11.5 Å². The van der Waals surface area contributed by atoms with E-state index in [0.717, 1.165) is 12.1 Å². The fraction of sp³-hybridized carbons (Fsp3) is 0.200. The molecule has 0 amide bonds. The van der Waals surface area contributed by atoms with Crippen LogP contribution in [0.25, 0.3) is 0 Å². The van der Waals surface area contributed by atoms with Crippen molar-refractivity contribution in [3.05, 3.63) is 23.5 Å². The Morgan fingerprint density at radius 3 is 2.31 bits per heavy atom. The van der Waals surface area contributed by atoms with Crippen molar-refractivity contribution in [2.75, 3.05) is 13.2 Å². The largest absolute Gasteiger partial charge is 0.486 e. The summed E-state index contributed by atoms with van der Waals surface area (Å²) >= 11 is 0. The topological polar surface area (TPSA) is 72.8 Å². The highest BCUT2D eigenvalue weighted by molar-refractivity contribution is 6.40. The Morgan fingerprint density at radius 2 is 1.75 bits per heavy atom. The maximum absolute atomic E-state index is 13.4. The third-order valence-electron chi connectivity index (χ3n) is 2.07. The zero-order chi connectivity index (χ0) is 11.7. The van der Waals surface area contributed by atoms with Crippen molar-refractivity contribution in [3.8, 4) is 11.5 Å². The lowest BCUT2D eigenvalue weighted by Crippen LogP contribution is -2.18. The van der Waals surface area contributed by atoms with E-state index in [0.29, 0.717) is 6.61 Å². The van der Waals surface area contributed by atoms with Crippen molar-refractivity contribution in [2.45, 2.75) is 0 Å². The first-order valence-corrected chi connectivity index (χ1v) is 4.46. The standard InChI is InChI=1S/C10H7FO5/c11-6-4-8-7(15-1-2-16-8)3-5(6)9(12)10(13)14/h3-4H,1-2H2,(H,13,14). The number of hydrogen-bond donors (Lipinski definition) is 1. The minimum absolute atomic E-state index is 0.172. The van der Waals surface area contributed by atoms with Gasteiger partial charge in [-0.1, -0.05) is 0 Å². The van der Waals surface area contributed by atoms with E-state index in [1.54, 1.807) is 0 Å². The number of fused-ring (bicyclic) bond motifs is 1. The van der Waals surface area contributed by atoms with Crippen molar-refractivity contribution in [1.82, 2.24) is 0 Å². The summed E-state index contributed by atoms with van der Waals surface area (Å²) in [7, 11) is 0. The molecule has 1 N–H and O–H groups in total. The first kappa shape index (κ1) is 10.4. The van der Waals surface area contributed by atoms with E-state index in [-0.39, 0.29) is 18.1 Å². The monoisotopic (exact) mass is 226 g/mol. The number of ketones is 1. The molecule has 0 saturated carbocycles. The van der Waals surface area contributed by atoms with Crippen LogP contribution in [0.4, 0.5) is 4.39 Å². The van der Waals surface area contributed by atoms with Crippen molar-refractivity contribution in [2.24, 2.45) is 0 Å². The molecule has 0 bridgehead atoms. The van der Waals surface area contributed by atoms with Crippen LogP contribution in [-0.2, 0) is 4.79 Å². The highest BCUT2D eigenvalue weighted by Crippen LogP contribution is 2.32. The Kier molecular flexibility index (Phi) is 2.47. The summed E-state index contributed by atoms with van der Waals surface area (Å²) in [5.41, 5.74) is -0.531. The third-order valence-corrected chi connectivity index (χ3v) is 2.07. The molecule has 0 radical (unpaired) electrons. The van der Waals surface area contributed by atoms with Gasteiger partial charge >= 0.3 is 5.97 Å². The molecule has 1 aliphatic heterocycles. The van der Waals surface area contributed by atoms with E-state index >= 15 is 0 Å². The average molecular weight is 226 g/mol. The summed E-state index contributed by atoms with van der Waals surface area (Å²) in [4.78, 5) is 21.5. The SMILES string of the molecule is O=C(O)C(=O)c1cc2c(cc1F)OCCO2. The van der Waals surface area contributed by atoms with E-state index in [1.807, 2.05) is 0 Å². The minimum atomic E-state index is -1.71. The summed E-state index contributed by atoms with van der Waals surface area (Å²) in [5.74, 6) is -3.61. The van der Waals surface area contributed by atoms with Crippen LogP contribution in [0.1, 0.15) is 10.4 Å². The lowest BCUT2D eigenvalue weighted by Gasteiger charge is -2.18. The lowest BCUT2D eigenvalue weighted by molar-refractivity contribution is -0.131. The molecule has 0 aliphatic carbocycles. The molecule has 1 aromatic rings. The van der Waals surface area contributed by atoms with Crippen molar-refractivity contribution in [3.63, 3.8) is 0 Å². The van der Waals surface area contributed by atoms with Crippen molar-refractivity contribution < 1.29 is 28.6 Å². The van der Waals surface area contributed by atoms with Crippen LogP contribution in [-0.4, -0.2) is 30.1 Å². The van der Waals surface area contributed by atoms with Crippen molar-refractivity contribution in [1.29, 1.82) is 0 Å². The number of carboxylic acids is 1. The first-order chi connectivity index (χ1) is 7.59. The second kappa shape index (κ2) is 3.80. The molecule has 6 heteroatoms. The first-order valence-electron chi connectivity index (χ1n) is 4.46. The number of aliphatic carboxylic acids is 1. The summed E-state index contributed by atoms with van der Waals surface area (Å²) in [6.07, 6.45) is 0. The summed E-state index contributed by atoms with van der Waals surface area (Å²) < 4.78 is 23.6. The predicted molar refractivity (Wildman–Crippen MR) is 49.4 cm³/mol. The summed E-state index contributed by atoms with van der Waals surface area (Å²) in [5, 5.41) is 8.48. The summed E-state index contributed by atoms with van der Waals surface area (Å²) in [6, 6.07) is 1.99. The van der Waals surface area contributed by atoms with E-state index in [9.17, 15) is 14.0 Å². The summed E-state index contributed by atoms with van der Waals surface area (Å²) in [6.45, 7) is 0.567. The van der Waals surface area contributed by atoms with E-state index in [2.05, 4.69) is 0 Å². The molecule has 1 aromatic carbocycles. The number of Topliss-reactive ketones (excluding diaryl/α,β-unsaturated/α-hetero) is 1. The Balaban J connectivity index is 2.47. The fourth-order valence-corrected chi connectivity index (χ4v) is 1.35. The van der Waals surface area contributed by atoms with Gasteiger partial charge in [-0.15, -0.1) is 0 Å². The number of ether oxygens (including phenoxy) is 2. The van der Waals surface area contributed by atoms with Gasteiger partial charge in [0, 0.05) is 6.07 Å². The van der Waals surface area contributed by atoms with Gasteiger partial charge in [-0.05, 0) is 6.07 Å². The van der Waals surface area contributed by atoms with Gasteiger partial charge in [0.2, 0.25) is 0 Å². The normalized spacial score (nSPS) is 13.3. The highest BCUT2D eigenvalue weighted by Gasteiger charge is 2.23. The minimum Gasteiger partial charge on any atom is -0.486 e. The van der Waals surface area contributed by atoms with Gasteiger partial charge in [0.25, 0.3) is 5.78 Å². The van der Waals surface area contributed by atoms with Crippen LogP contribution in [0.15, 0.2) is 12.1 Å². The molecule has 0 spiro atoms. The Hall–Kier alpha value is -2.11. The number of rotatable bonds is 2. The number of carboxylic acid groups (broad SMARTS) is 1. The average Bonchev–Trinajstić information content (AvgIpc) is 2.27. The molecular formula is C10H7FO5. The molecule has 16 heavy (non-hydrogen) atoms. The van der Waals surface area contributed by atoms with Gasteiger partial charge in [0.1, 0.15) is 19.0 Å². The number of benzene rings is 1. The highest BCUT2D eigenvalue weighted by atomic mass is 19.1. The number of hydrogen-bond acceptors (Lipinski definition) is 4. The number of halogens is 1. The van der Waals surface area contributed by atoms with E-state index < -0.39 is 23.1 Å². The zero-order valence-electron chi connectivity index (χ0n) is 8.03. The van der Waals surface area contributed by atoms with Crippen LogP contribution in [0.3, 0.4) is 0 Å². The van der Waals surface area contributed by atoms with Crippen LogP contribution in [0, 0.1) is 5.82 Å². The second-order valence-corrected chi connectivity index (χ2v) is 3.11. The van der Waals surface area contributed by atoms with Gasteiger partial charge < -0.3 is 14.6 Å². The number of carbonyl (C=O) groups excluding carboxylic acids is 1. The van der Waals surface area contributed by atoms with Gasteiger partial charge in [-0.2, -0.15) is 0 Å².